The Balaban J connectivity index is 1.49. The number of hydrogen-bond donors (Lipinski definition) is 2. The van der Waals surface area contributed by atoms with E-state index in [1.54, 1.807) is 30.3 Å². The van der Waals surface area contributed by atoms with Crippen LogP contribution in [0.2, 0.25) is 0 Å². The lowest BCUT2D eigenvalue weighted by atomic mass is 10.2. The van der Waals surface area contributed by atoms with E-state index in [0.717, 1.165) is 10.2 Å². The Bertz CT molecular complexity index is 997. The zero-order valence-electron chi connectivity index (χ0n) is 14.9. The van der Waals surface area contributed by atoms with Gasteiger partial charge >= 0.3 is 5.97 Å². The Morgan fingerprint density at radius 1 is 1.04 bits per heavy atom. The van der Waals surface area contributed by atoms with Crippen LogP contribution < -0.4 is 10.9 Å². The number of esters is 1. The quantitative estimate of drug-likeness (QED) is 0.393. The smallest absolute Gasteiger partial charge is 0.331 e. The van der Waals surface area contributed by atoms with Crippen molar-refractivity contribution >= 4 is 45.4 Å². The molecule has 0 bridgehead atoms. The SMILES string of the molecule is C[C@H](OC(=O)/C=C/c1nc2ccccc2s1)C(=O)NNC(=O)c1ccccc1. The number of nitrogens with one attached hydrogen (secondary N) is 2. The van der Waals surface area contributed by atoms with Crippen molar-refractivity contribution < 1.29 is 19.1 Å². The van der Waals surface area contributed by atoms with Crippen LogP contribution in [0.15, 0.2) is 60.7 Å². The number of amides is 2. The Kier molecular flexibility index (Phi) is 6.13. The first-order chi connectivity index (χ1) is 13.5. The monoisotopic (exact) mass is 395 g/mol. The fourth-order valence-corrected chi connectivity index (χ4v) is 3.12. The zero-order chi connectivity index (χ0) is 19.9. The van der Waals surface area contributed by atoms with Gasteiger partial charge in [0, 0.05) is 11.6 Å². The number of thiazole rings is 1. The van der Waals surface area contributed by atoms with Gasteiger partial charge in [-0.15, -0.1) is 11.3 Å². The molecule has 0 spiro atoms. The maximum absolute atomic E-state index is 12.0. The highest BCUT2D eigenvalue weighted by atomic mass is 32.1. The third kappa shape index (κ3) is 5.01. The van der Waals surface area contributed by atoms with Gasteiger partial charge in [0.05, 0.1) is 10.2 Å². The highest BCUT2D eigenvalue weighted by Crippen LogP contribution is 2.22. The molecule has 2 N–H and O–H groups in total. The number of hydrogen-bond acceptors (Lipinski definition) is 6. The molecule has 0 aliphatic heterocycles. The van der Waals surface area contributed by atoms with Crippen molar-refractivity contribution in [2.75, 3.05) is 0 Å². The fourth-order valence-electron chi connectivity index (χ4n) is 2.25. The first kappa shape index (κ1) is 19.2. The molecular weight excluding hydrogens is 378 g/mol. The van der Waals surface area contributed by atoms with Crippen molar-refractivity contribution in [3.05, 3.63) is 71.2 Å². The Morgan fingerprint density at radius 3 is 2.50 bits per heavy atom. The van der Waals surface area contributed by atoms with Gasteiger partial charge in [0.1, 0.15) is 5.01 Å². The number of para-hydroxylation sites is 1. The molecule has 0 radical (unpaired) electrons. The lowest BCUT2D eigenvalue weighted by Crippen LogP contribution is -2.46. The van der Waals surface area contributed by atoms with Crippen LogP contribution in [0.1, 0.15) is 22.3 Å². The summed E-state index contributed by atoms with van der Waals surface area (Å²) in [6, 6.07) is 16.0. The molecule has 8 heteroatoms. The second kappa shape index (κ2) is 8.92. The number of aromatic nitrogens is 1. The van der Waals surface area contributed by atoms with Gasteiger partial charge in [-0.05, 0) is 37.3 Å². The lowest BCUT2D eigenvalue weighted by Gasteiger charge is -2.13. The van der Waals surface area contributed by atoms with E-state index in [2.05, 4.69) is 15.8 Å². The predicted molar refractivity (Wildman–Crippen MR) is 106 cm³/mol. The number of benzene rings is 2. The summed E-state index contributed by atoms with van der Waals surface area (Å²) in [6.45, 7) is 1.41. The van der Waals surface area contributed by atoms with Crippen LogP contribution in [-0.2, 0) is 14.3 Å². The van der Waals surface area contributed by atoms with Crippen LogP contribution in [0.3, 0.4) is 0 Å². The number of fused-ring (bicyclic) bond motifs is 1. The molecule has 2 amide bonds. The largest absolute Gasteiger partial charge is 0.449 e. The molecule has 1 heterocycles. The van der Waals surface area contributed by atoms with Crippen molar-refractivity contribution in [2.24, 2.45) is 0 Å². The molecule has 7 nitrogen and oxygen atoms in total. The van der Waals surface area contributed by atoms with Crippen LogP contribution >= 0.6 is 11.3 Å². The van der Waals surface area contributed by atoms with Crippen molar-refractivity contribution in [2.45, 2.75) is 13.0 Å². The first-order valence-corrected chi connectivity index (χ1v) is 9.24. The fraction of sp³-hybridized carbons (Fsp3) is 0.100. The number of hydrazine groups is 1. The van der Waals surface area contributed by atoms with E-state index < -0.39 is 23.9 Å². The van der Waals surface area contributed by atoms with Crippen LogP contribution in [0.4, 0.5) is 0 Å². The highest BCUT2D eigenvalue weighted by Gasteiger charge is 2.17. The third-order valence-corrected chi connectivity index (χ3v) is 4.67. The number of ether oxygens (including phenoxy) is 1. The summed E-state index contributed by atoms with van der Waals surface area (Å²) in [5.41, 5.74) is 5.74. The first-order valence-electron chi connectivity index (χ1n) is 8.42. The molecule has 142 valence electrons. The maximum atomic E-state index is 12.0. The van der Waals surface area contributed by atoms with E-state index in [9.17, 15) is 14.4 Å². The second-order valence-electron chi connectivity index (χ2n) is 5.74. The van der Waals surface area contributed by atoms with Gasteiger partial charge in [-0.3, -0.25) is 20.4 Å². The van der Waals surface area contributed by atoms with E-state index in [1.165, 1.54) is 30.4 Å². The Labute approximate surface area is 165 Å². The van der Waals surface area contributed by atoms with Gasteiger partial charge in [0.25, 0.3) is 11.8 Å². The average molecular weight is 395 g/mol. The van der Waals surface area contributed by atoms with E-state index in [4.69, 9.17) is 4.74 Å². The minimum absolute atomic E-state index is 0.395. The van der Waals surface area contributed by atoms with Gasteiger partial charge < -0.3 is 4.74 Å². The number of carbonyl (C=O) groups excluding carboxylic acids is 3. The van der Waals surface area contributed by atoms with E-state index >= 15 is 0 Å². The van der Waals surface area contributed by atoms with Crippen molar-refractivity contribution in [3.8, 4) is 0 Å². The molecule has 3 rings (SSSR count). The summed E-state index contributed by atoms with van der Waals surface area (Å²) in [7, 11) is 0. The van der Waals surface area contributed by atoms with E-state index in [1.807, 2.05) is 24.3 Å². The summed E-state index contributed by atoms with van der Waals surface area (Å²) in [6.07, 6.45) is 1.67. The molecule has 0 saturated heterocycles. The minimum atomic E-state index is -1.08. The van der Waals surface area contributed by atoms with Gasteiger partial charge in [-0.25, -0.2) is 9.78 Å². The molecular formula is C20H17N3O4S. The van der Waals surface area contributed by atoms with E-state index in [-0.39, 0.29) is 0 Å². The molecule has 0 unspecified atom stereocenters. The second-order valence-corrected chi connectivity index (χ2v) is 6.80. The highest BCUT2D eigenvalue weighted by molar-refractivity contribution is 7.19. The van der Waals surface area contributed by atoms with E-state index in [0.29, 0.717) is 10.6 Å². The molecule has 2 aromatic carbocycles. The summed E-state index contributed by atoms with van der Waals surface area (Å²) in [4.78, 5) is 40.1. The number of rotatable bonds is 5. The number of carbonyl (C=O) groups is 3. The van der Waals surface area contributed by atoms with Crippen LogP contribution in [-0.4, -0.2) is 28.9 Å². The third-order valence-electron chi connectivity index (χ3n) is 3.67. The Hall–Kier alpha value is -3.52. The molecule has 28 heavy (non-hydrogen) atoms. The lowest BCUT2D eigenvalue weighted by molar-refractivity contribution is -0.150. The summed E-state index contributed by atoms with van der Waals surface area (Å²) in [5, 5.41) is 0.658. The minimum Gasteiger partial charge on any atom is -0.449 e. The molecule has 0 aliphatic rings. The van der Waals surface area contributed by atoms with Crippen molar-refractivity contribution in [3.63, 3.8) is 0 Å². The summed E-state index contributed by atoms with van der Waals surface area (Å²) in [5.74, 6) is -1.80. The maximum Gasteiger partial charge on any atom is 0.331 e. The van der Waals surface area contributed by atoms with Gasteiger partial charge in [0.2, 0.25) is 0 Å². The zero-order valence-corrected chi connectivity index (χ0v) is 15.7. The van der Waals surface area contributed by atoms with Gasteiger partial charge in [-0.2, -0.15) is 0 Å². The summed E-state index contributed by atoms with van der Waals surface area (Å²) < 4.78 is 6.05. The molecule has 1 atom stereocenters. The molecule has 0 aliphatic carbocycles. The van der Waals surface area contributed by atoms with Crippen molar-refractivity contribution in [1.82, 2.24) is 15.8 Å². The van der Waals surface area contributed by atoms with Crippen molar-refractivity contribution in [1.29, 1.82) is 0 Å². The topological polar surface area (TPSA) is 97.4 Å². The normalized spacial score (nSPS) is 11.9. The average Bonchev–Trinajstić information content (AvgIpc) is 3.14. The standard InChI is InChI=1S/C20H17N3O4S/c1-13(19(25)22-23-20(26)14-7-3-2-4-8-14)27-18(24)12-11-17-21-15-9-5-6-10-16(15)28-17/h2-13H,1H3,(H,22,25)(H,23,26)/b12-11+/t13-/m0/s1. The molecule has 0 saturated carbocycles. The van der Waals surface area contributed by atoms with Crippen LogP contribution in [0.5, 0.6) is 0 Å². The van der Waals surface area contributed by atoms with Gasteiger partial charge in [0.15, 0.2) is 6.10 Å². The molecule has 0 fully saturated rings. The molecule has 3 aromatic rings. The summed E-state index contributed by atoms with van der Waals surface area (Å²) >= 11 is 1.44. The van der Waals surface area contributed by atoms with Gasteiger partial charge in [-0.1, -0.05) is 30.3 Å². The Morgan fingerprint density at radius 2 is 1.75 bits per heavy atom. The van der Waals surface area contributed by atoms with Crippen LogP contribution in [0, 0.1) is 0 Å². The predicted octanol–water partition coefficient (Wildman–Crippen LogP) is 2.70. The van der Waals surface area contributed by atoms with Crippen LogP contribution in [0.25, 0.3) is 16.3 Å². The number of nitrogens with zero attached hydrogens (tertiary/aromatic N) is 1. The molecule has 1 aromatic heterocycles.